The van der Waals surface area contributed by atoms with Crippen LogP contribution in [0.15, 0.2) is 42.2 Å². The monoisotopic (exact) mass is 413 g/mol. The van der Waals surface area contributed by atoms with Crippen molar-refractivity contribution in [3.8, 4) is 11.1 Å². The number of non-ortho nitro benzene ring substituents is 1. The zero-order valence-electron chi connectivity index (χ0n) is 15.9. The van der Waals surface area contributed by atoms with Gasteiger partial charge in [-0.1, -0.05) is 18.0 Å². The molecule has 1 N–H and O–H groups in total. The number of nitrogens with zero attached hydrogens (tertiary/aromatic N) is 1. The molecule has 0 aromatic heterocycles. The van der Waals surface area contributed by atoms with Crippen LogP contribution in [0.5, 0.6) is 0 Å². The van der Waals surface area contributed by atoms with Gasteiger partial charge >= 0.3 is 5.97 Å². The van der Waals surface area contributed by atoms with Crippen molar-refractivity contribution in [2.24, 2.45) is 0 Å². The zero-order chi connectivity index (χ0) is 20.8. The van der Waals surface area contributed by atoms with Gasteiger partial charge in [-0.3, -0.25) is 10.1 Å². The number of nitro groups is 1. The number of halogens is 1. The average molecular weight is 414 g/mol. The van der Waals surface area contributed by atoms with Crippen LogP contribution in [0.2, 0.25) is 5.02 Å². The number of carbonyl (C=O) groups excluding carboxylic acids is 1. The molecule has 0 amide bonds. The Hall–Kier alpha value is -2.86. The van der Waals surface area contributed by atoms with Gasteiger partial charge in [-0.25, -0.2) is 4.79 Å². The Morgan fingerprint density at radius 2 is 1.76 bits per heavy atom. The molecule has 0 bridgehead atoms. The number of aliphatic hydroxyl groups excluding tert-OH is 1. The number of aliphatic hydroxyl groups is 1. The lowest BCUT2D eigenvalue weighted by Gasteiger charge is -2.31. The number of aryl methyl sites for hydroxylation is 1. The maximum absolute atomic E-state index is 12.6. The molecule has 1 aliphatic carbocycles. The molecule has 29 heavy (non-hydrogen) atoms. The molecule has 1 fully saturated rings. The summed E-state index contributed by atoms with van der Waals surface area (Å²) < 4.78 is 5.64. The van der Waals surface area contributed by atoms with Crippen LogP contribution >= 0.6 is 11.6 Å². The fourth-order valence-corrected chi connectivity index (χ4v) is 4.51. The number of benzene rings is 2. The fraction of sp³-hybridized carbons (Fsp3) is 0.318. The number of hydrogen-bond donors (Lipinski definition) is 1. The Balaban J connectivity index is 1.76. The van der Waals surface area contributed by atoms with Crippen LogP contribution < -0.4 is 0 Å². The highest BCUT2D eigenvalue weighted by Crippen LogP contribution is 2.46. The van der Waals surface area contributed by atoms with E-state index in [4.69, 9.17) is 16.3 Å². The second kappa shape index (κ2) is 7.19. The van der Waals surface area contributed by atoms with Gasteiger partial charge in [0.05, 0.1) is 4.92 Å². The molecule has 0 unspecified atom stereocenters. The van der Waals surface area contributed by atoms with Gasteiger partial charge in [0.1, 0.15) is 5.57 Å². The summed E-state index contributed by atoms with van der Waals surface area (Å²) in [5.74, 6) is -0.517. The third-order valence-electron chi connectivity index (χ3n) is 5.79. The molecule has 0 radical (unpaired) electrons. The van der Waals surface area contributed by atoms with Crippen molar-refractivity contribution in [3.05, 3.63) is 68.4 Å². The number of ether oxygens (including phenoxy) is 1. The lowest BCUT2D eigenvalue weighted by Crippen LogP contribution is -2.34. The first-order valence-corrected chi connectivity index (χ1v) is 9.92. The van der Waals surface area contributed by atoms with Crippen molar-refractivity contribution in [2.75, 3.05) is 0 Å². The van der Waals surface area contributed by atoms with Gasteiger partial charge in [-0.15, -0.1) is 0 Å². The first-order chi connectivity index (χ1) is 13.8. The normalized spacial score (nSPS) is 18.2. The Labute approximate surface area is 172 Å². The van der Waals surface area contributed by atoms with Gasteiger partial charge in [0, 0.05) is 22.7 Å². The zero-order valence-corrected chi connectivity index (χ0v) is 16.7. The smallest absolute Gasteiger partial charge is 0.343 e. The predicted molar refractivity (Wildman–Crippen MR) is 110 cm³/mol. The summed E-state index contributed by atoms with van der Waals surface area (Å²) >= 11 is 6.50. The lowest BCUT2D eigenvalue weighted by molar-refractivity contribution is -0.384. The maximum Gasteiger partial charge on any atom is 0.343 e. The first kappa shape index (κ1) is 19.5. The van der Waals surface area contributed by atoms with Gasteiger partial charge in [0.25, 0.3) is 5.69 Å². The van der Waals surface area contributed by atoms with Crippen LogP contribution in [0, 0.1) is 17.0 Å². The van der Waals surface area contributed by atoms with E-state index < -0.39 is 16.5 Å². The molecule has 1 saturated carbocycles. The third-order valence-corrected chi connectivity index (χ3v) is 6.11. The Morgan fingerprint density at radius 1 is 1.10 bits per heavy atom. The van der Waals surface area contributed by atoms with Crippen LogP contribution in [-0.2, 0) is 9.53 Å². The standard InChI is InChI=1S/C22H20ClNO5/c1-13-11-17(14-5-7-15(8-6-14)24(27)28)18(23)12-16(13)19-20(25)22(29-21(19)26)9-3-2-4-10-22/h5-8,11-12,25H,2-4,9-10H2,1H3. The Morgan fingerprint density at radius 3 is 2.38 bits per heavy atom. The van der Waals surface area contributed by atoms with E-state index in [0.29, 0.717) is 29.0 Å². The van der Waals surface area contributed by atoms with E-state index in [2.05, 4.69) is 0 Å². The lowest BCUT2D eigenvalue weighted by atomic mass is 9.82. The van der Waals surface area contributed by atoms with Crippen molar-refractivity contribution in [1.82, 2.24) is 0 Å². The number of esters is 1. The maximum atomic E-state index is 12.6. The quantitative estimate of drug-likeness (QED) is 0.393. The second-order valence-electron chi connectivity index (χ2n) is 7.62. The van der Waals surface area contributed by atoms with E-state index in [1.54, 1.807) is 18.2 Å². The Kier molecular flexibility index (Phi) is 4.82. The summed E-state index contributed by atoms with van der Waals surface area (Å²) in [7, 11) is 0. The largest absolute Gasteiger partial charge is 0.507 e. The van der Waals surface area contributed by atoms with Crippen molar-refractivity contribution < 1.29 is 19.6 Å². The third kappa shape index (κ3) is 3.27. The van der Waals surface area contributed by atoms with Crippen LogP contribution in [0.4, 0.5) is 5.69 Å². The van der Waals surface area contributed by atoms with Gasteiger partial charge in [0.15, 0.2) is 11.4 Å². The molecule has 0 saturated heterocycles. The predicted octanol–water partition coefficient (Wildman–Crippen LogP) is 5.75. The van der Waals surface area contributed by atoms with Crippen LogP contribution in [0.25, 0.3) is 16.7 Å². The molecular weight excluding hydrogens is 394 g/mol. The number of nitro benzene ring substituents is 1. The van der Waals surface area contributed by atoms with Crippen molar-refractivity contribution >= 4 is 28.8 Å². The van der Waals surface area contributed by atoms with Gasteiger partial charge in [-0.05, 0) is 73.6 Å². The first-order valence-electron chi connectivity index (χ1n) is 9.55. The summed E-state index contributed by atoms with van der Waals surface area (Å²) in [6, 6.07) is 9.58. The minimum absolute atomic E-state index is 0.000210. The van der Waals surface area contributed by atoms with E-state index in [-0.39, 0.29) is 17.0 Å². The van der Waals surface area contributed by atoms with Gasteiger partial charge in [-0.2, -0.15) is 0 Å². The summed E-state index contributed by atoms with van der Waals surface area (Å²) in [6.07, 6.45) is 4.13. The van der Waals surface area contributed by atoms with Crippen LogP contribution in [0.1, 0.15) is 43.2 Å². The molecule has 2 aliphatic rings. The average Bonchev–Trinajstić information content (AvgIpc) is 2.93. The fourth-order valence-electron chi connectivity index (χ4n) is 4.24. The molecule has 150 valence electrons. The van der Waals surface area contributed by atoms with Gasteiger partial charge in [0.2, 0.25) is 0 Å². The van der Waals surface area contributed by atoms with Crippen LogP contribution in [-0.4, -0.2) is 21.6 Å². The molecular formula is C22H20ClNO5. The molecule has 1 spiro atoms. The molecule has 0 atom stereocenters. The summed E-state index contributed by atoms with van der Waals surface area (Å²) in [6.45, 7) is 1.83. The molecule has 7 heteroatoms. The van der Waals surface area contributed by atoms with E-state index in [0.717, 1.165) is 30.4 Å². The van der Waals surface area contributed by atoms with E-state index in [9.17, 15) is 20.0 Å². The minimum Gasteiger partial charge on any atom is -0.507 e. The van der Waals surface area contributed by atoms with E-state index >= 15 is 0 Å². The summed E-state index contributed by atoms with van der Waals surface area (Å²) in [5, 5.41) is 22.1. The summed E-state index contributed by atoms with van der Waals surface area (Å²) in [4.78, 5) is 23.0. The highest BCUT2D eigenvalue weighted by atomic mass is 35.5. The summed E-state index contributed by atoms with van der Waals surface area (Å²) in [5.41, 5.74) is 2.01. The Bertz CT molecular complexity index is 1040. The highest BCUT2D eigenvalue weighted by Gasteiger charge is 2.49. The molecule has 4 rings (SSSR count). The van der Waals surface area contributed by atoms with E-state index in [1.165, 1.54) is 12.1 Å². The second-order valence-corrected chi connectivity index (χ2v) is 8.03. The topological polar surface area (TPSA) is 89.7 Å². The van der Waals surface area contributed by atoms with Gasteiger partial charge < -0.3 is 9.84 Å². The van der Waals surface area contributed by atoms with Crippen molar-refractivity contribution in [2.45, 2.75) is 44.6 Å². The number of rotatable bonds is 3. The molecule has 2 aromatic carbocycles. The van der Waals surface area contributed by atoms with Crippen molar-refractivity contribution in [3.63, 3.8) is 0 Å². The SMILES string of the molecule is Cc1cc(-c2ccc([N+](=O)[O-])cc2)c(Cl)cc1C1=C(O)C2(CCCCC2)OC1=O. The number of carbonyl (C=O) groups is 1. The van der Waals surface area contributed by atoms with E-state index in [1.807, 2.05) is 13.0 Å². The molecule has 1 aliphatic heterocycles. The molecule has 6 nitrogen and oxygen atoms in total. The van der Waals surface area contributed by atoms with Crippen molar-refractivity contribution in [1.29, 1.82) is 0 Å². The molecule has 2 aromatic rings. The highest BCUT2D eigenvalue weighted by molar-refractivity contribution is 6.34. The number of hydrogen-bond acceptors (Lipinski definition) is 5. The van der Waals surface area contributed by atoms with Crippen LogP contribution in [0.3, 0.4) is 0 Å². The molecule has 1 heterocycles. The minimum atomic E-state index is -0.902.